The van der Waals surface area contributed by atoms with Crippen LogP contribution in [0, 0.1) is 13.8 Å². The van der Waals surface area contributed by atoms with E-state index >= 15 is 0 Å². The van der Waals surface area contributed by atoms with E-state index in [4.69, 9.17) is 9.47 Å². The van der Waals surface area contributed by atoms with Crippen LogP contribution in [0.5, 0.6) is 0 Å². The molecule has 0 radical (unpaired) electrons. The van der Waals surface area contributed by atoms with E-state index in [0.717, 1.165) is 48.8 Å². The predicted octanol–water partition coefficient (Wildman–Crippen LogP) is 4.74. The first-order valence-electron chi connectivity index (χ1n) is 13.7. The van der Waals surface area contributed by atoms with E-state index in [0.29, 0.717) is 6.54 Å². The van der Waals surface area contributed by atoms with Crippen molar-refractivity contribution in [3.63, 3.8) is 0 Å². The van der Waals surface area contributed by atoms with Crippen molar-refractivity contribution in [1.82, 2.24) is 15.5 Å². The first kappa shape index (κ1) is 32.9. The minimum absolute atomic E-state index is 0.0320. The molecular weight excluding hydrogens is 486 g/mol. The van der Waals surface area contributed by atoms with Gasteiger partial charge in [0.15, 0.2) is 0 Å². The fraction of sp³-hybridized carbons (Fsp3) is 0.655. The number of alkyl carbamates (subject to hydrolysis) is 1. The molecule has 38 heavy (non-hydrogen) atoms. The van der Waals surface area contributed by atoms with Gasteiger partial charge in [-0.25, -0.2) is 4.79 Å². The largest absolute Gasteiger partial charge is 0.466 e. The second-order valence-corrected chi connectivity index (χ2v) is 10.4. The molecule has 1 aromatic rings. The number of nitrogens with zero attached hydrogens (tertiary/aromatic N) is 1. The summed E-state index contributed by atoms with van der Waals surface area (Å²) < 4.78 is 10.2. The van der Waals surface area contributed by atoms with Crippen LogP contribution in [0.4, 0.5) is 4.79 Å². The molecule has 0 spiro atoms. The van der Waals surface area contributed by atoms with Crippen molar-refractivity contribution >= 4 is 23.9 Å². The Kier molecular flexibility index (Phi) is 14.5. The van der Waals surface area contributed by atoms with Crippen LogP contribution in [0.25, 0.3) is 0 Å². The number of benzene rings is 1. The molecule has 0 aliphatic heterocycles. The van der Waals surface area contributed by atoms with Gasteiger partial charge in [0.2, 0.25) is 11.8 Å². The summed E-state index contributed by atoms with van der Waals surface area (Å²) in [7, 11) is 0. The number of amides is 3. The molecule has 9 heteroatoms. The highest BCUT2D eigenvalue weighted by Crippen LogP contribution is 2.28. The number of nitrogens with one attached hydrogen (secondary N) is 2. The Morgan fingerprint density at radius 3 is 2.16 bits per heavy atom. The lowest BCUT2D eigenvalue weighted by atomic mass is 9.93. The Bertz CT molecular complexity index is 905. The van der Waals surface area contributed by atoms with Crippen molar-refractivity contribution in [3.8, 4) is 0 Å². The van der Waals surface area contributed by atoms with Crippen LogP contribution in [0.2, 0.25) is 0 Å². The zero-order valence-corrected chi connectivity index (χ0v) is 24.3. The molecule has 0 saturated heterocycles. The third-order valence-electron chi connectivity index (χ3n) is 5.92. The predicted molar refractivity (Wildman–Crippen MR) is 148 cm³/mol. The molecular formula is C29H47N3O6. The van der Waals surface area contributed by atoms with Gasteiger partial charge in [-0.3, -0.25) is 14.4 Å². The Balaban J connectivity index is 3.25. The Morgan fingerprint density at radius 2 is 1.58 bits per heavy atom. The highest BCUT2D eigenvalue weighted by molar-refractivity contribution is 5.91. The van der Waals surface area contributed by atoms with E-state index in [9.17, 15) is 19.2 Å². The molecule has 0 fully saturated rings. The van der Waals surface area contributed by atoms with Crippen molar-refractivity contribution in [1.29, 1.82) is 0 Å². The van der Waals surface area contributed by atoms with Crippen molar-refractivity contribution < 1.29 is 28.7 Å². The maximum Gasteiger partial charge on any atom is 0.408 e. The summed E-state index contributed by atoms with van der Waals surface area (Å²) in [5.74, 6) is -1.17. The molecule has 0 aliphatic carbocycles. The van der Waals surface area contributed by atoms with Gasteiger partial charge in [0.25, 0.3) is 0 Å². The average molecular weight is 534 g/mol. The van der Waals surface area contributed by atoms with Gasteiger partial charge >= 0.3 is 12.1 Å². The molecule has 0 saturated carbocycles. The standard InChI is InChI=1S/C29H47N3O6/c1-8-10-11-12-13-19-32(23(33)20-31-28(36)38-29(5,6)7)26(25-21(3)15-14-16-22(25)4)27(35)30-18-17-24(34)37-9-2/h14-16,26H,8-13,17-20H2,1-7H3,(H,30,35)(H,31,36). The van der Waals surface area contributed by atoms with Crippen LogP contribution in [0.3, 0.4) is 0 Å². The monoisotopic (exact) mass is 533 g/mol. The summed E-state index contributed by atoms with van der Waals surface area (Å²) in [5, 5.41) is 5.35. The van der Waals surface area contributed by atoms with Crippen LogP contribution in [0.1, 0.15) is 95.9 Å². The number of rotatable bonds is 15. The highest BCUT2D eigenvalue weighted by atomic mass is 16.6. The minimum Gasteiger partial charge on any atom is -0.466 e. The van der Waals surface area contributed by atoms with Crippen LogP contribution >= 0.6 is 0 Å². The normalized spacial score (nSPS) is 11.9. The third-order valence-corrected chi connectivity index (χ3v) is 5.92. The molecule has 9 nitrogen and oxygen atoms in total. The molecule has 1 atom stereocenters. The van der Waals surface area contributed by atoms with Crippen LogP contribution in [0.15, 0.2) is 18.2 Å². The first-order chi connectivity index (χ1) is 17.9. The highest BCUT2D eigenvalue weighted by Gasteiger charge is 2.33. The zero-order chi connectivity index (χ0) is 28.7. The fourth-order valence-electron chi connectivity index (χ4n) is 4.15. The minimum atomic E-state index is -0.919. The number of esters is 1. The molecule has 0 aromatic heterocycles. The van der Waals surface area contributed by atoms with E-state index < -0.39 is 23.7 Å². The van der Waals surface area contributed by atoms with Crippen LogP contribution in [-0.2, 0) is 23.9 Å². The third kappa shape index (κ3) is 12.0. The van der Waals surface area contributed by atoms with Gasteiger partial charge in [0.05, 0.1) is 13.0 Å². The van der Waals surface area contributed by atoms with E-state index in [2.05, 4.69) is 17.6 Å². The topological polar surface area (TPSA) is 114 Å². The number of hydrogen-bond donors (Lipinski definition) is 2. The summed E-state index contributed by atoms with van der Waals surface area (Å²) >= 11 is 0. The van der Waals surface area contributed by atoms with Gasteiger partial charge in [-0.15, -0.1) is 0 Å². The molecule has 0 heterocycles. The Morgan fingerprint density at radius 1 is 0.947 bits per heavy atom. The quantitative estimate of drug-likeness (QED) is 0.249. The number of ether oxygens (including phenoxy) is 2. The second kappa shape index (κ2) is 16.7. The molecule has 214 valence electrons. The molecule has 0 bridgehead atoms. The van der Waals surface area contributed by atoms with Gasteiger partial charge in [-0.2, -0.15) is 0 Å². The van der Waals surface area contributed by atoms with E-state index in [1.807, 2.05) is 32.0 Å². The maximum absolute atomic E-state index is 13.6. The smallest absolute Gasteiger partial charge is 0.408 e. The Labute approximate surface area is 228 Å². The van der Waals surface area contributed by atoms with Crippen molar-refractivity contribution in [3.05, 3.63) is 34.9 Å². The summed E-state index contributed by atoms with van der Waals surface area (Å²) in [4.78, 5) is 52.7. The lowest BCUT2D eigenvalue weighted by Crippen LogP contribution is -2.48. The van der Waals surface area contributed by atoms with Crippen molar-refractivity contribution in [2.45, 2.75) is 98.6 Å². The summed E-state index contributed by atoms with van der Waals surface area (Å²) in [6.07, 6.45) is 4.20. The Hall–Kier alpha value is -3.10. The summed E-state index contributed by atoms with van der Waals surface area (Å²) in [6, 6.07) is 4.80. The number of carbonyl (C=O) groups excluding carboxylic acids is 4. The van der Waals surface area contributed by atoms with E-state index in [1.165, 1.54) is 0 Å². The second-order valence-electron chi connectivity index (χ2n) is 10.4. The van der Waals surface area contributed by atoms with Crippen molar-refractivity contribution in [2.24, 2.45) is 0 Å². The average Bonchev–Trinajstić information content (AvgIpc) is 2.82. The summed E-state index contributed by atoms with van der Waals surface area (Å²) in [6.45, 7) is 13.3. The van der Waals surface area contributed by atoms with Crippen LogP contribution in [-0.4, -0.2) is 60.6 Å². The SMILES string of the molecule is CCCCCCCN(C(=O)CNC(=O)OC(C)(C)C)C(C(=O)NCCC(=O)OCC)c1c(C)cccc1C. The molecule has 0 aliphatic rings. The number of carbonyl (C=O) groups is 4. The van der Waals surface area contributed by atoms with Gasteiger partial charge < -0.3 is 25.0 Å². The van der Waals surface area contributed by atoms with Gasteiger partial charge in [0.1, 0.15) is 18.2 Å². The van der Waals surface area contributed by atoms with E-state index in [1.54, 1.807) is 32.6 Å². The van der Waals surface area contributed by atoms with Crippen LogP contribution < -0.4 is 10.6 Å². The first-order valence-corrected chi connectivity index (χ1v) is 13.7. The molecule has 3 amide bonds. The fourth-order valence-corrected chi connectivity index (χ4v) is 4.15. The number of unbranched alkanes of at least 4 members (excludes halogenated alkanes) is 4. The summed E-state index contributed by atoms with van der Waals surface area (Å²) in [5.41, 5.74) is 1.78. The molecule has 2 N–H and O–H groups in total. The van der Waals surface area contributed by atoms with E-state index in [-0.39, 0.29) is 37.9 Å². The van der Waals surface area contributed by atoms with Gasteiger partial charge in [0, 0.05) is 13.1 Å². The lowest BCUT2D eigenvalue weighted by molar-refractivity contribution is -0.143. The van der Waals surface area contributed by atoms with Gasteiger partial charge in [-0.05, 0) is 64.7 Å². The zero-order valence-electron chi connectivity index (χ0n) is 24.3. The maximum atomic E-state index is 13.6. The molecule has 1 aromatic carbocycles. The lowest BCUT2D eigenvalue weighted by Gasteiger charge is -2.33. The molecule has 1 unspecified atom stereocenters. The number of aryl methyl sites for hydroxylation is 2. The molecule has 1 rings (SSSR count). The van der Waals surface area contributed by atoms with Crippen molar-refractivity contribution in [2.75, 3.05) is 26.2 Å². The number of hydrogen-bond acceptors (Lipinski definition) is 6. The van der Waals surface area contributed by atoms with Gasteiger partial charge in [-0.1, -0.05) is 50.8 Å².